The lowest BCUT2D eigenvalue weighted by Gasteiger charge is -2.48. The number of hydrogen-bond acceptors (Lipinski definition) is 8. The summed E-state index contributed by atoms with van der Waals surface area (Å²) in [5.74, 6) is -0.0333. The van der Waals surface area contributed by atoms with Gasteiger partial charge in [0.1, 0.15) is 12.2 Å². The Bertz CT molecular complexity index is 839. The number of ether oxygens (including phenoxy) is 6. The van der Waals surface area contributed by atoms with E-state index in [1.54, 1.807) is 24.3 Å². The summed E-state index contributed by atoms with van der Waals surface area (Å²) in [5.41, 5.74) is 0.836. The molecular weight excluding hydrogens is 488 g/mol. The van der Waals surface area contributed by atoms with Crippen LogP contribution in [0.3, 0.4) is 0 Å². The third-order valence-electron chi connectivity index (χ3n) is 9.06. The van der Waals surface area contributed by atoms with E-state index in [0.29, 0.717) is 37.6 Å². The molecule has 0 radical (unpaired) electrons. The van der Waals surface area contributed by atoms with Crippen LogP contribution in [0.15, 0.2) is 24.3 Å². The normalized spacial score (nSPS) is 35.5. The molecule has 38 heavy (non-hydrogen) atoms. The second-order valence-electron chi connectivity index (χ2n) is 11.1. The van der Waals surface area contributed by atoms with E-state index in [0.717, 1.165) is 25.7 Å². The fraction of sp³-hybridized carbons (Fsp3) is 0.733. The molecule has 0 N–H and O–H groups in total. The number of carbonyl (C=O) groups excluding carboxylic acids is 2. The minimum absolute atomic E-state index is 0.109. The van der Waals surface area contributed by atoms with Crippen molar-refractivity contribution in [2.45, 2.75) is 90.0 Å². The second kappa shape index (κ2) is 12.0. The summed E-state index contributed by atoms with van der Waals surface area (Å²) in [4.78, 5) is 26.3. The SMILES string of the molecule is CCC1OCC1C(OC(=O)c1ccc(C(=O)OC(C2COC2CC)C2COC2CC)cc1)C1COC1CC. The van der Waals surface area contributed by atoms with Crippen LogP contribution < -0.4 is 0 Å². The molecule has 0 amide bonds. The van der Waals surface area contributed by atoms with Gasteiger partial charge in [0.2, 0.25) is 0 Å². The predicted molar refractivity (Wildman–Crippen MR) is 139 cm³/mol. The molecule has 0 saturated carbocycles. The summed E-state index contributed by atoms with van der Waals surface area (Å²) in [7, 11) is 0. The highest BCUT2D eigenvalue weighted by Gasteiger charge is 2.50. The molecule has 4 aliphatic rings. The highest BCUT2D eigenvalue weighted by atomic mass is 16.6. The van der Waals surface area contributed by atoms with Gasteiger partial charge < -0.3 is 28.4 Å². The fourth-order valence-corrected chi connectivity index (χ4v) is 6.39. The van der Waals surface area contributed by atoms with Gasteiger partial charge in [-0.2, -0.15) is 0 Å². The first-order valence-corrected chi connectivity index (χ1v) is 14.5. The Morgan fingerprint density at radius 1 is 0.605 bits per heavy atom. The minimum atomic E-state index is -0.383. The van der Waals surface area contributed by atoms with Crippen LogP contribution in [0.5, 0.6) is 0 Å². The largest absolute Gasteiger partial charge is 0.458 e. The Morgan fingerprint density at radius 2 is 0.868 bits per heavy atom. The van der Waals surface area contributed by atoms with E-state index in [9.17, 15) is 9.59 Å². The summed E-state index contributed by atoms with van der Waals surface area (Å²) < 4.78 is 35.0. The van der Waals surface area contributed by atoms with Crippen molar-refractivity contribution in [3.63, 3.8) is 0 Å². The van der Waals surface area contributed by atoms with E-state index in [1.807, 2.05) is 0 Å². The summed E-state index contributed by atoms with van der Waals surface area (Å²) in [5, 5.41) is 0. The molecule has 8 heteroatoms. The Labute approximate surface area is 225 Å². The van der Waals surface area contributed by atoms with Gasteiger partial charge in [0, 0.05) is 23.7 Å². The zero-order valence-electron chi connectivity index (χ0n) is 23.0. The van der Waals surface area contributed by atoms with E-state index in [4.69, 9.17) is 28.4 Å². The Kier molecular flexibility index (Phi) is 8.72. The molecule has 4 heterocycles. The van der Waals surface area contributed by atoms with Crippen molar-refractivity contribution < 1.29 is 38.0 Å². The third kappa shape index (κ3) is 5.25. The van der Waals surface area contributed by atoms with Gasteiger partial charge in [0.05, 0.1) is 62.0 Å². The molecular formula is C30H42O8. The van der Waals surface area contributed by atoms with Gasteiger partial charge in [-0.3, -0.25) is 0 Å². The lowest BCUT2D eigenvalue weighted by atomic mass is 9.78. The minimum Gasteiger partial charge on any atom is -0.458 e. The lowest BCUT2D eigenvalue weighted by molar-refractivity contribution is -0.223. The van der Waals surface area contributed by atoms with Gasteiger partial charge in [0.25, 0.3) is 0 Å². The smallest absolute Gasteiger partial charge is 0.338 e. The van der Waals surface area contributed by atoms with Gasteiger partial charge in [-0.05, 0) is 49.9 Å². The molecule has 1 aromatic carbocycles. The third-order valence-corrected chi connectivity index (χ3v) is 9.06. The average molecular weight is 531 g/mol. The maximum absolute atomic E-state index is 13.2. The highest BCUT2D eigenvalue weighted by molar-refractivity contribution is 5.93. The molecule has 0 bridgehead atoms. The maximum atomic E-state index is 13.2. The average Bonchev–Trinajstić information content (AvgIpc) is 2.82. The number of esters is 2. The number of hydrogen-bond donors (Lipinski definition) is 0. The molecule has 4 fully saturated rings. The van der Waals surface area contributed by atoms with Crippen LogP contribution in [0.1, 0.15) is 74.1 Å². The predicted octanol–water partition coefficient (Wildman–Crippen LogP) is 4.44. The van der Waals surface area contributed by atoms with Crippen molar-refractivity contribution in [1.29, 1.82) is 0 Å². The van der Waals surface area contributed by atoms with Gasteiger partial charge in [0.15, 0.2) is 0 Å². The molecule has 4 saturated heterocycles. The van der Waals surface area contributed by atoms with Gasteiger partial charge in [-0.1, -0.05) is 27.7 Å². The van der Waals surface area contributed by atoms with Crippen molar-refractivity contribution >= 4 is 11.9 Å². The number of carbonyl (C=O) groups is 2. The van der Waals surface area contributed by atoms with Crippen LogP contribution >= 0.6 is 0 Å². The van der Waals surface area contributed by atoms with Crippen molar-refractivity contribution in [3.05, 3.63) is 35.4 Å². The Hall–Kier alpha value is -2.00. The van der Waals surface area contributed by atoms with Gasteiger partial charge in [-0.25, -0.2) is 9.59 Å². The molecule has 210 valence electrons. The number of benzene rings is 1. The van der Waals surface area contributed by atoms with E-state index < -0.39 is 0 Å². The van der Waals surface area contributed by atoms with Crippen molar-refractivity contribution in [3.8, 4) is 0 Å². The standard InChI is InChI=1S/C30H42O8/c1-5-23-19(13-33-23)27(20-14-34-24(20)6-2)37-29(31)17-9-11-18(12-10-17)30(32)38-28(21-15-35-25(21)7-3)22-16-36-26(22)8-4/h9-12,19-28H,5-8,13-16H2,1-4H3. The quantitative estimate of drug-likeness (QED) is 0.367. The van der Waals surface area contributed by atoms with Crippen molar-refractivity contribution in [1.82, 2.24) is 0 Å². The van der Waals surface area contributed by atoms with Crippen LogP contribution in [-0.4, -0.2) is 75.0 Å². The van der Waals surface area contributed by atoms with Crippen LogP contribution in [0.25, 0.3) is 0 Å². The summed E-state index contributed by atoms with van der Waals surface area (Å²) in [6.07, 6.45) is 3.51. The second-order valence-corrected chi connectivity index (χ2v) is 11.1. The monoisotopic (exact) mass is 530 g/mol. The Balaban J connectivity index is 1.24. The van der Waals surface area contributed by atoms with Crippen LogP contribution in [0, 0.1) is 23.7 Å². The molecule has 5 rings (SSSR count). The van der Waals surface area contributed by atoms with Crippen LogP contribution in [0.4, 0.5) is 0 Å². The first-order valence-electron chi connectivity index (χ1n) is 14.5. The maximum Gasteiger partial charge on any atom is 0.338 e. The molecule has 8 nitrogen and oxygen atoms in total. The summed E-state index contributed by atoms with van der Waals surface area (Å²) >= 11 is 0. The van der Waals surface area contributed by atoms with E-state index in [-0.39, 0.29) is 72.2 Å². The first-order chi connectivity index (χ1) is 18.5. The Morgan fingerprint density at radius 3 is 1.05 bits per heavy atom. The van der Waals surface area contributed by atoms with Gasteiger partial charge >= 0.3 is 11.9 Å². The number of rotatable bonds is 12. The zero-order chi connectivity index (χ0) is 26.8. The van der Waals surface area contributed by atoms with Crippen LogP contribution in [0.2, 0.25) is 0 Å². The van der Waals surface area contributed by atoms with Crippen LogP contribution in [-0.2, 0) is 28.4 Å². The summed E-state index contributed by atoms with van der Waals surface area (Å²) in [6, 6.07) is 6.60. The van der Waals surface area contributed by atoms with Crippen molar-refractivity contribution in [2.75, 3.05) is 26.4 Å². The first kappa shape index (κ1) is 27.6. The molecule has 1 aromatic rings. The summed E-state index contributed by atoms with van der Waals surface area (Å²) in [6.45, 7) is 10.8. The van der Waals surface area contributed by atoms with E-state index in [1.165, 1.54) is 0 Å². The molecule has 0 aliphatic carbocycles. The molecule has 0 aromatic heterocycles. The molecule has 4 aliphatic heterocycles. The fourth-order valence-electron chi connectivity index (χ4n) is 6.39. The zero-order valence-corrected chi connectivity index (χ0v) is 23.0. The van der Waals surface area contributed by atoms with Crippen molar-refractivity contribution in [2.24, 2.45) is 23.7 Å². The molecule has 8 unspecified atom stereocenters. The highest BCUT2D eigenvalue weighted by Crippen LogP contribution is 2.40. The topological polar surface area (TPSA) is 89.5 Å². The lowest BCUT2D eigenvalue weighted by Crippen LogP contribution is -2.58. The van der Waals surface area contributed by atoms with Gasteiger partial charge in [-0.15, -0.1) is 0 Å². The molecule has 0 spiro atoms. The van der Waals surface area contributed by atoms with E-state index >= 15 is 0 Å². The molecule has 8 atom stereocenters. The van der Waals surface area contributed by atoms with E-state index in [2.05, 4.69) is 27.7 Å².